The van der Waals surface area contributed by atoms with E-state index in [1.165, 1.54) is 77.0 Å². The fourth-order valence-electron chi connectivity index (χ4n) is 6.27. The molecular weight excluding hydrogens is 482 g/mol. The van der Waals surface area contributed by atoms with Crippen molar-refractivity contribution >= 4 is 37.9 Å². The van der Waals surface area contributed by atoms with E-state index in [9.17, 15) is 0 Å². The molecule has 0 aliphatic carbocycles. The number of rotatable bonds is 5. The molecule has 0 fully saturated rings. The highest BCUT2D eigenvalue weighted by Crippen LogP contribution is 2.44. The van der Waals surface area contributed by atoms with Crippen molar-refractivity contribution in [2.45, 2.75) is 26.7 Å². The lowest BCUT2D eigenvalue weighted by Gasteiger charge is -2.19. The molecule has 0 aromatic heterocycles. The van der Waals surface area contributed by atoms with Crippen molar-refractivity contribution in [2.24, 2.45) is 0 Å². The van der Waals surface area contributed by atoms with Crippen LogP contribution in [0, 0.1) is 0 Å². The average Bonchev–Trinajstić information content (AvgIpc) is 3.00. The van der Waals surface area contributed by atoms with Gasteiger partial charge in [0.25, 0.3) is 0 Å². The molecule has 0 amide bonds. The number of aryl methyl sites for hydroxylation is 1. The maximum atomic E-state index is 3.46. The molecule has 0 atom stereocenters. The van der Waals surface area contributed by atoms with Crippen molar-refractivity contribution < 1.29 is 0 Å². The van der Waals surface area contributed by atoms with E-state index in [2.05, 4.69) is 141 Å². The van der Waals surface area contributed by atoms with Crippen LogP contribution in [0.4, 0.5) is 0 Å². The fraction of sp³-hybridized carbons (Fsp3) is 0.128. The summed E-state index contributed by atoms with van der Waals surface area (Å²) < 4.78 is 0. The van der Waals surface area contributed by atoms with E-state index < -0.39 is 0 Å². The molecule has 0 bridgehead atoms. The average molecular weight is 516 g/mol. The molecule has 1 heteroatoms. The molecule has 0 saturated heterocycles. The molecule has 7 rings (SSSR count). The molecule has 0 saturated carbocycles. The molecule has 40 heavy (non-hydrogen) atoms. The van der Waals surface area contributed by atoms with Crippen molar-refractivity contribution in [3.8, 4) is 22.3 Å². The summed E-state index contributed by atoms with van der Waals surface area (Å²) >= 11 is 0. The smallest absolute Gasteiger partial charge is 0.0403 e. The molecule has 0 unspecified atom stereocenters. The van der Waals surface area contributed by atoms with Crippen LogP contribution >= 0.6 is 0 Å². The van der Waals surface area contributed by atoms with Gasteiger partial charge in [-0.2, -0.15) is 0 Å². The van der Waals surface area contributed by atoms with Crippen molar-refractivity contribution in [1.82, 2.24) is 5.32 Å². The maximum Gasteiger partial charge on any atom is 0.0403 e. The van der Waals surface area contributed by atoms with E-state index >= 15 is 0 Å². The predicted molar refractivity (Wildman–Crippen MR) is 174 cm³/mol. The van der Waals surface area contributed by atoms with Crippen LogP contribution < -0.4 is 5.32 Å². The van der Waals surface area contributed by atoms with Crippen molar-refractivity contribution in [1.29, 1.82) is 0 Å². The third kappa shape index (κ3) is 4.28. The highest BCUT2D eigenvalue weighted by molar-refractivity contribution is 6.21. The molecule has 1 N–H and O–H groups in total. The highest BCUT2D eigenvalue weighted by Gasteiger charge is 2.17. The van der Waals surface area contributed by atoms with Gasteiger partial charge in [-0.3, -0.25) is 0 Å². The zero-order chi connectivity index (χ0) is 27.1. The van der Waals surface area contributed by atoms with Crippen molar-refractivity contribution in [3.63, 3.8) is 0 Å². The number of fused-ring (bicyclic) bond motifs is 3. The molecule has 6 aromatic carbocycles. The Morgan fingerprint density at radius 3 is 1.75 bits per heavy atom. The minimum atomic E-state index is 0.869. The van der Waals surface area contributed by atoms with E-state index in [1.54, 1.807) is 0 Å². The molecule has 194 valence electrons. The molecule has 1 aliphatic heterocycles. The summed E-state index contributed by atoms with van der Waals surface area (Å²) in [6, 6.07) is 40.8. The third-order valence-electron chi connectivity index (χ3n) is 8.30. The topological polar surface area (TPSA) is 12.0 Å². The first-order chi connectivity index (χ1) is 19.7. The van der Waals surface area contributed by atoms with Gasteiger partial charge in [0, 0.05) is 12.2 Å². The van der Waals surface area contributed by atoms with Crippen LogP contribution in [0.1, 0.15) is 31.4 Å². The monoisotopic (exact) mass is 515 g/mol. The normalized spacial score (nSPS) is 13.3. The Bertz CT molecular complexity index is 1900. The lowest BCUT2D eigenvalue weighted by molar-refractivity contribution is 0.903. The zero-order valence-electron chi connectivity index (χ0n) is 23.2. The van der Waals surface area contributed by atoms with Crippen LogP contribution in [0.25, 0.3) is 60.1 Å². The second kappa shape index (κ2) is 10.2. The van der Waals surface area contributed by atoms with E-state index in [0.717, 1.165) is 19.4 Å². The van der Waals surface area contributed by atoms with Gasteiger partial charge < -0.3 is 5.32 Å². The van der Waals surface area contributed by atoms with Gasteiger partial charge in [-0.05, 0) is 96.8 Å². The Labute approximate surface area is 236 Å². The Hall–Kier alpha value is -4.62. The van der Waals surface area contributed by atoms with Gasteiger partial charge in [0.05, 0.1) is 0 Å². The van der Waals surface area contributed by atoms with Gasteiger partial charge in [0.2, 0.25) is 0 Å². The number of benzene rings is 6. The second-order valence-corrected chi connectivity index (χ2v) is 11.0. The van der Waals surface area contributed by atoms with E-state index in [4.69, 9.17) is 0 Å². The maximum absolute atomic E-state index is 3.46. The quantitative estimate of drug-likeness (QED) is 0.225. The number of hydrogen-bond acceptors (Lipinski definition) is 1. The summed E-state index contributed by atoms with van der Waals surface area (Å²) in [5.74, 6) is 0. The van der Waals surface area contributed by atoms with E-state index in [0.29, 0.717) is 0 Å². The molecular formula is C39H33N. The van der Waals surface area contributed by atoms with Crippen molar-refractivity contribution in [2.75, 3.05) is 6.54 Å². The summed E-state index contributed by atoms with van der Waals surface area (Å²) in [5, 5.41) is 11.2. The molecule has 1 nitrogen and oxygen atoms in total. The summed E-state index contributed by atoms with van der Waals surface area (Å²) in [7, 11) is 0. The van der Waals surface area contributed by atoms with E-state index in [1.807, 2.05) is 0 Å². The lowest BCUT2D eigenvalue weighted by Crippen LogP contribution is -2.16. The Kier molecular flexibility index (Phi) is 6.21. The second-order valence-electron chi connectivity index (χ2n) is 11.0. The van der Waals surface area contributed by atoms with Crippen LogP contribution in [-0.2, 0) is 6.42 Å². The largest absolute Gasteiger partial charge is 0.384 e. The highest BCUT2D eigenvalue weighted by atomic mass is 14.9. The SMILES string of the molecule is CCCc1ccc2ccc(-c3c4ccccc4c(-c4ccc(C5=CC=C(C)NC5)cc4)c4ccccc34)cc2c1. The number of allylic oxidation sites excluding steroid dienone is 3. The summed E-state index contributed by atoms with van der Waals surface area (Å²) in [5.41, 5.74) is 10.4. The van der Waals surface area contributed by atoms with Crippen LogP contribution in [0.2, 0.25) is 0 Å². The van der Waals surface area contributed by atoms with Gasteiger partial charge in [0.15, 0.2) is 0 Å². The first-order valence-corrected chi connectivity index (χ1v) is 14.4. The van der Waals surface area contributed by atoms with Gasteiger partial charge in [-0.25, -0.2) is 0 Å². The van der Waals surface area contributed by atoms with Crippen LogP contribution in [0.5, 0.6) is 0 Å². The minimum absolute atomic E-state index is 0.869. The Balaban J connectivity index is 1.43. The molecule has 1 aliphatic rings. The minimum Gasteiger partial charge on any atom is -0.384 e. The molecule has 0 radical (unpaired) electrons. The Morgan fingerprint density at radius 2 is 1.15 bits per heavy atom. The lowest BCUT2D eigenvalue weighted by atomic mass is 9.85. The van der Waals surface area contributed by atoms with Gasteiger partial charge >= 0.3 is 0 Å². The number of hydrogen-bond donors (Lipinski definition) is 1. The van der Waals surface area contributed by atoms with Crippen molar-refractivity contribution in [3.05, 3.63) is 138 Å². The van der Waals surface area contributed by atoms with Gasteiger partial charge in [-0.1, -0.05) is 123 Å². The number of dihydropyridines is 1. The molecule has 1 heterocycles. The summed E-state index contributed by atoms with van der Waals surface area (Å²) in [6.45, 7) is 5.22. The van der Waals surface area contributed by atoms with Crippen LogP contribution in [0.3, 0.4) is 0 Å². The van der Waals surface area contributed by atoms with Crippen LogP contribution in [-0.4, -0.2) is 6.54 Å². The summed E-state index contributed by atoms with van der Waals surface area (Å²) in [4.78, 5) is 0. The zero-order valence-corrected chi connectivity index (χ0v) is 23.2. The first kappa shape index (κ1) is 24.4. The molecule has 6 aromatic rings. The van der Waals surface area contributed by atoms with Crippen LogP contribution in [0.15, 0.2) is 127 Å². The fourth-order valence-corrected chi connectivity index (χ4v) is 6.27. The van der Waals surface area contributed by atoms with Gasteiger partial charge in [0.1, 0.15) is 0 Å². The number of nitrogens with one attached hydrogen (secondary N) is 1. The Morgan fingerprint density at radius 1 is 0.575 bits per heavy atom. The van der Waals surface area contributed by atoms with E-state index in [-0.39, 0.29) is 0 Å². The molecule has 0 spiro atoms. The predicted octanol–water partition coefficient (Wildman–Crippen LogP) is 10.3. The summed E-state index contributed by atoms with van der Waals surface area (Å²) in [6.07, 6.45) is 6.66. The first-order valence-electron chi connectivity index (χ1n) is 14.4. The standard InChI is InChI=1S/C39H33N/c1-3-8-27-14-16-29-19-22-31(24-33(29)23-27)39-36-11-6-4-9-34(36)38(35-10-5-7-12-37(35)39)30-20-17-28(18-21-30)32-15-13-26(2)40-25-32/h4-7,9-24,40H,3,8,25H2,1-2H3. The third-order valence-corrected chi connectivity index (χ3v) is 8.30. The van der Waals surface area contributed by atoms with Gasteiger partial charge in [-0.15, -0.1) is 0 Å².